The second-order valence-electron chi connectivity index (χ2n) is 3.72. The Bertz CT molecular complexity index is 691. The first-order chi connectivity index (χ1) is 8.24. The van der Waals surface area contributed by atoms with Gasteiger partial charge in [0.2, 0.25) is 0 Å². The standard InChI is InChI=1S/C13H8BrClN2/c14-9-5-6-17-8-12(16-13(17)7-9)10-3-1-2-4-11(10)15/h1-8H. The molecule has 0 N–H and O–H groups in total. The Morgan fingerprint density at radius 1 is 1.18 bits per heavy atom. The fourth-order valence-electron chi connectivity index (χ4n) is 1.76. The van der Waals surface area contributed by atoms with Crippen LogP contribution in [0.5, 0.6) is 0 Å². The molecule has 2 nitrogen and oxygen atoms in total. The first-order valence-corrected chi connectivity index (χ1v) is 6.30. The van der Waals surface area contributed by atoms with Crippen molar-refractivity contribution in [2.45, 2.75) is 0 Å². The van der Waals surface area contributed by atoms with Gasteiger partial charge < -0.3 is 4.40 Å². The zero-order valence-electron chi connectivity index (χ0n) is 8.77. The molecule has 0 radical (unpaired) electrons. The van der Waals surface area contributed by atoms with E-state index in [1.54, 1.807) is 0 Å². The molecule has 1 aromatic carbocycles. The summed E-state index contributed by atoms with van der Waals surface area (Å²) in [7, 11) is 0. The summed E-state index contributed by atoms with van der Waals surface area (Å²) in [6.45, 7) is 0. The van der Waals surface area contributed by atoms with E-state index in [0.717, 1.165) is 26.4 Å². The fourth-order valence-corrected chi connectivity index (χ4v) is 2.31. The number of rotatable bonds is 1. The molecule has 3 aromatic rings. The van der Waals surface area contributed by atoms with E-state index in [0.29, 0.717) is 0 Å². The van der Waals surface area contributed by atoms with Crippen LogP contribution < -0.4 is 0 Å². The number of hydrogen-bond acceptors (Lipinski definition) is 1. The monoisotopic (exact) mass is 306 g/mol. The Morgan fingerprint density at radius 3 is 2.82 bits per heavy atom. The number of nitrogens with zero attached hydrogens (tertiary/aromatic N) is 2. The molecule has 0 bridgehead atoms. The third-order valence-corrected chi connectivity index (χ3v) is 3.39. The maximum absolute atomic E-state index is 6.16. The Kier molecular flexibility index (Phi) is 2.65. The van der Waals surface area contributed by atoms with Crippen LogP contribution in [0.3, 0.4) is 0 Å². The summed E-state index contributed by atoms with van der Waals surface area (Å²) >= 11 is 9.59. The van der Waals surface area contributed by atoms with Crippen LogP contribution in [0.15, 0.2) is 53.3 Å². The number of fused-ring (bicyclic) bond motifs is 1. The third kappa shape index (κ3) is 1.96. The molecule has 0 saturated carbocycles. The lowest BCUT2D eigenvalue weighted by atomic mass is 10.2. The maximum Gasteiger partial charge on any atom is 0.138 e. The number of benzene rings is 1. The average molecular weight is 308 g/mol. The van der Waals surface area contributed by atoms with Crippen LogP contribution in [0.4, 0.5) is 0 Å². The van der Waals surface area contributed by atoms with Gasteiger partial charge in [-0.3, -0.25) is 0 Å². The molecule has 84 valence electrons. The smallest absolute Gasteiger partial charge is 0.138 e. The van der Waals surface area contributed by atoms with Gasteiger partial charge in [-0.25, -0.2) is 4.98 Å². The van der Waals surface area contributed by atoms with E-state index in [-0.39, 0.29) is 0 Å². The molecule has 4 heteroatoms. The Balaban J connectivity index is 2.22. The fraction of sp³-hybridized carbons (Fsp3) is 0. The number of imidazole rings is 1. The van der Waals surface area contributed by atoms with Gasteiger partial charge in [0.15, 0.2) is 0 Å². The van der Waals surface area contributed by atoms with Crippen molar-refractivity contribution in [1.29, 1.82) is 0 Å². The summed E-state index contributed by atoms with van der Waals surface area (Å²) in [5.74, 6) is 0. The second-order valence-corrected chi connectivity index (χ2v) is 5.04. The molecule has 2 heterocycles. The van der Waals surface area contributed by atoms with E-state index < -0.39 is 0 Å². The van der Waals surface area contributed by atoms with Crippen molar-refractivity contribution < 1.29 is 0 Å². The normalized spacial score (nSPS) is 10.9. The van der Waals surface area contributed by atoms with Crippen LogP contribution >= 0.6 is 27.5 Å². The highest BCUT2D eigenvalue weighted by atomic mass is 79.9. The van der Waals surface area contributed by atoms with E-state index in [9.17, 15) is 0 Å². The van der Waals surface area contributed by atoms with Gasteiger partial charge in [0.05, 0.1) is 10.7 Å². The van der Waals surface area contributed by atoms with Crippen molar-refractivity contribution in [1.82, 2.24) is 9.38 Å². The summed E-state index contributed by atoms with van der Waals surface area (Å²) in [6.07, 6.45) is 3.94. The predicted octanol–water partition coefficient (Wildman–Crippen LogP) is 4.42. The van der Waals surface area contributed by atoms with Crippen molar-refractivity contribution >= 4 is 33.2 Å². The highest BCUT2D eigenvalue weighted by Crippen LogP contribution is 2.27. The third-order valence-electron chi connectivity index (χ3n) is 2.57. The second kappa shape index (κ2) is 4.17. The van der Waals surface area contributed by atoms with E-state index in [1.807, 2.05) is 53.2 Å². The van der Waals surface area contributed by atoms with Gasteiger partial charge in [-0.2, -0.15) is 0 Å². The molecule has 0 aliphatic heterocycles. The molecule has 0 aliphatic rings. The first kappa shape index (κ1) is 10.8. The molecular weight excluding hydrogens is 300 g/mol. The van der Waals surface area contributed by atoms with Crippen molar-refractivity contribution in [3.63, 3.8) is 0 Å². The van der Waals surface area contributed by atoms with Gasteiger partial charge in [0.1, 0.15) is 5.65 Å². The van der Waals surface area contributed by atoms with E-state index >= 15 is 0 Å². The van der Waals surface area contributed by atoms with Crippen LogP contribution in [-0.2, 0) is 0 Å². The summed E-state index contributed by atoms with van der Waals surface area (Å²) in [5.41, 5.74) is 2.73. The number of halogens is 2. The van der Waals surface area contributed by atoms with Gasteiger partial charge >= 0.3 is 0 Å². The zero-order valence-corrected chi connectivity index (χ0v) is 11.1. The number of aromatic nitrogens is 2. The molecule has 0 spiro atoms. The highest BCUT2D eigenvalue weighted by Gasteiger charge is 2.07. The van der Waals surface area contributed by atoms with Gasteiger partial charge in [-0.05, 0) is 18.2 Å². The van der Waals surface area contributed by atoms with Gasteiger partial charge in [0, 0.05) is 22.4 Å². The van der Waals surface area contributed by atoms with E-state index in [4.69, 9.17) is 11.6 Å². The van der Waals surface area contributed by atoms with Crippen LogP contribution in [0.25, 0.3) is 16.9 Å². The van der Waals surface area contributed by atoms with Crippen molar-refractivity contribution in [2.24, 2.45) is 0 Å². The van der Waals surface area contributed by atoms with Crippen molar-refractivity contribution in [3.8, 4) is 11.3 Å². The van der Waals surface area contributed by atoms with Crippen LogP contribution in [-0.4, -0.2) is 9.38 Å². The lowest BCUT2D eigenvalue weighted by Gasteiger charge is -1.97. The Labute approximate surface area is 112 Å². The molecule has 0 fully saturated rings. The quantitative estimate of drug-likeness (QED) is 0.650. The first-order valence-electron chi connectivity index (χ1n) is 5.13. The topological polar surface area (TPSA) is 17.3 Å². The number of hydrogen-bond donors (Lipinski definition) is 0. The molecular formula is C13H8BrClN2. The molecule has 0 saturated heterocycles. The number of pyridine rings is 1. The minimum Gasteiger partial charge on any atom is -0.306 e. The van der Waals surface area contributed by atoms with E-state index in [2.05, 4.69) is 20.9 Å². The zero-order chi connectivity index (χ0) is 11.8. The van der Waals surface area contributed by atoms with Crippen molar-refractivity contribution in [2.75, 3.05) is 0 Å². The Hall–Kier alpha value is -1.32. The summed E-state index contributed by atoms with van der Waals surface area (Å²) in [6, 6.07) is 11.7. The summed E-state index contributed by atoms with van der Waals surface area (Å²) in [5, 5.41) is 0.718. The van der Waals surface area contributed by atoms with Crippen LogP contribution in [0.2, 0.25) is 5.02 Å². The predicted molar refractivity (Wildman–Crippen MR) is 73.3 cm³/mol. The summed E-state index contributed by atoms with van der Waals surface area (Å²) < 4.78 is 2.99. The van der Waals surface area contributed by atoms with Crippen LogP contribution in [0, 0.1) is 0 Å². The van der Waals surface area contributed by atoms with E-state index in [1.165, 1.54) is 0 Å². The lowest BCUT2D eigenvalue weighted by molar-refractivity contribution is 1.18. The summed E-state index contributed by atoms with van der Waals surface area (Å²) in [4.78, 5) is 4.55. The highest BCUT2D eigenvalue weighted by molar-refractivity contribution is 9.10. The van der Waals surface area contributed by atoms with Gasteiger partial charge in [0.25, 0.3) is 0 Å². The molecule has 3 rings (SSSR count). The maximum atomic E-state index is 6.16. The Morgan fingerprint density at radius 2 is 2.00 bits per heavy atom. The molecule has 0 aliphatic carbocycles. The minimum atomic E-state index is 0.718. The van der Waals surface area contributed by atoms with Crippen molar-refractivity contribution in [3.05, 3.63) is 58.3 Å². The van der Waals surface area contributed by atoms with Gasteiger partial charge in [-0.15, -0.1) is 0 Å². The van der Waals surface area contributed by atoms with Gasteiger partial charge in [-0.1, -0.05) is 45.7 Å². The lowest BCUT2D eigenvalue weighted by Crippen LogP contribution is -1.79. The SMILES string of the molecule is Clc1ccccc1-c1cn2ccc(Br)cc2n1. The molecule has 17 heavy (non-hydrogen) atoms. The molecule has 0 atom stereocenters. The largest absolute Gasteiger partial charge is 0.306 e. The molecule has 2 aromatic heterocycles. The molecule has 0 unspecified atom stereocenters. The van der Waals surface area contributed by atoms with Crippen LogP contribution in [0.1, 0.15) is 0 Å². The molecule has 0 amide bonds. The average Bonchev–Trinajstić information content (AvgIpc) is 2.72. The minimum absolute atomic E-state index is 0.718.